The second-order valence-corrected chi connectivity index (χ2v) is 6.42. The number of methoxy groups -OCH3 is 1. The van der Waals surface area contributed by atoms with Gasteiger partial charge in [0.05, 0.1) is 10.7 Å². The summed E-state index contributed by atoms with van der Waals surface area (Å²) in [4.78, 5) is 16.3. The highest BCUT2D eigenvalue weighted by atomic mass is 127. The predicted molar refractivity (Wildman–Crippen MR) is 99.2 cm³/mol. The lowest BCUT2D eigenvalue weighted by molar-refractivity contribution is -0.129. The molecule has 0 spiro atoms. The summed E-state index contributed by atoms with van der Waals surface area (Å²) >= 11 is 2.00. The summed E-state index contributed by atoms with van der Waals surface area (Å²) in [6, 6.07) is 10.9. The summed E-state index contributed by atoms with van der Waals surface area (Å²) < 4.78 is 11.0. The van der Waals surface area contributed by atoms with Gasteiger partial charge in [-0.1, -0.05) is 17.7 Å². The molecule has 0 atom stereocenters. The molecule has 2 aromatic rings. The van der Waals surface area contributed by atoms with E-state index in [9.17, 15) is 9.90 Å². The molecule has 3 rings (SSSR count). The van der Waals surface area contributed by atoms with Gasteiger partial charge in [-0.25, -0.2) is 9.79 Å². The van der Waals surface area contributed by atoms with E-state index in [2.05, 4.69) is 4.99 Å². The van der Waals surface area contributed by atoms with E-state index in [1.165, 1.54) is 7.11 Å². The van der Waals surface area contributed by atoms with Gasteiger partial charge in [-0.15, -0.1) is 0 Å². The number of aliphatic imine (C=N–C) groups is 1. The molecule has 0 fully saturated rings. The van der Waals surface area contributed by atoms with Gasteiger partial charge < -0.3 is 14.6 Å². The maximum Gasteiger partial charge on any atom is 0.363 e. The number of carbonyl (C=O) groups is 1. The second-order valence-electron chi connectivity index (χ2n) is 5.26. The topological polar surface area (TPSA) is 68.1 Å². The van der Waals surface area contributed by atoms with Crippen LogP contribution in [0, 0.1) is 10.5 Å². The number of ether oxygens (including phenoxy) is 2. The summed E-state index contributed by atoms with van der Waals surface area (Å²) in [6.45, 7) is 1.98. The molecular weight excluding hydrogens is 421 g/mol. The van der Waals surface area contributed by atoms with Crippen LogP contribution in [0.1, 0.15) is 16.7 Å². The first-order chi connectivity index (χ1) is 11.5. The Morgan fingerprint density at radius 2 is 1.96 bits per heavy atom. The number of hydrogen-bond acceptors (Lipinski definition) is 5. The molecule has 1 N–H and O–H groups in total. The van der Waals surface area contributed by atoms with Crippen LogP contribution in [0.3, 0.4) is 0 Å². The molecular formula is C18H14INO4. The molecule has 1 aliphatic heterocycles. The SMILES string of the molecule is COc1cc(/C=C2\N=C(c3ccc(C)cc3)OC2=O)cc(I)c1O. The van der Waals surface area contributed by atoms with E-state index in [0.29, 0.717) is 14.9 Å². The van der Waals surface area contributed by atoms with E-state index in [0.717, 1.165) is 11.1 Å². The number of carbonyl (C=O) groups excluding carboxylic acids is 1. The Balaban J connectivity index is 1.97. The monoisotopic (exact) mass is 435 g/mol. The van der Waals surface area contributed by atoms with Gasteiger partial charge in [0, 0.05) is 5.56 Å². The lowest BCUT2D eigenvalue weighted by atomic mass is 10.1. The van der Waals surface area contributed by atoms with Gasteiger partial charge in [-0.2, -0.15) is 0 Å². The van der Waals surface area contributed by atoms with E-state index in [-0.39, 0.29) is 17.3 Å². The zero-order chi connectivity index (χ0) is 17.3. The molecule has 0 aromatic heterocycles. The molecule has 24 heavy (non-hydrogen) atoms. The van der Waals surface area contributed by atoms with Crippen LogP contribution >= 0.6 is 22.6 Å². The molecule has 6 heteroatoms. The van der Waals surface area contributed by atoms with E-state index in [4.69, 9.17) is 9.47 Å². The van der Waals surface area contributed by atoms with Crippen LogP contribution < -0.4 is 4.74 Å². The van der Waals surface area contributed by atoms with Crippen molar-refractivity contribution in [1.29, 1.82) is 0 Å². The Morgan fingerprint density at radius 1 is 1.25 bits per heavy atom. The highest BCUT2D eigenvalue weighted by Gasteiger charge is 2.24. The average molecular weight is 435 g/mol. The fourth-order valence-electron chi connectivity index (χ4n) is 2.22. The summed E-state index contributed by atoms with van der Waals surface area (Å²) in [6.07, 6.45) is 1.60. The zero-order valence-electron chi connectivity index (χ0n) is 13.0. The van der Waals surface area contributed by atoms with E-state index < -0.39 is 5.97 Å². The maximum absolute atomic E-state index is 12.0. The third-order valence-electron chi connectivity index (χ3n) is 3.49. The third kappa shape index (κ3) is 3.28. The first-order valence-electron chi connectivity index (χ1n) is 7.14. The highest BCUT2D eigenvalue weighted by molar-refractivity contribution is 14.1. The van der Waals surface area contributed by atoms with Crippen molar-refractivity contribution >= 4 is 40.5 Å². The summed E-state index contributed by atoms with van der Waals surface area (Å²) in [5.41, 5.74) is 2.75. The van der Waals surface area contributed by atoms with Crippen LogP contribution in [0.4, 0.5) is 0 Å². The van der Waals surface area contributed by atoms with Crippen molar-refractivity contribution in [2.45, 2.75) is 6.92 Å². The number of cyclic esters (lactones) is 1. The lowest BCUT2D eigenvalue weighted by Crippen LogP contribution is -2.05. The minimum atomic E-state index is -0.507. The number of aromatic hydroxyl groups is 1. The number of nitrogens with zero attached hydrogens (tertiary/aromatic N) is 1. The van der Waals surface area contributed by atoms with Gasteiger partial charge in [0.2, 0.25) is 5.90 Å². The van der Waals surface area contributed by atoms with Gasteiger partial charge in [0.1, 0.15) is 0 Å². The van der Waals surface area contributed by atoms with Crippen LogP contribution in [0.25, 0.3) is 6.08 Å². The molecule has 1 heterocycles. The standard InChI is InChI=1S/C18H14INO4/c1-10-3-5-12(6-4-10)17-20-14(18(22)24-17)8-11-7-13(19)16(21)15(9-11)23-2/h3-9,21H,1-2H3/b14-8-. The minimum Gasteiger partial charge on any atom is -0.504 e. The van der Waals surface area contributed by atoms with Gasteiger partial charge in [0.15, 0.2) is 17.2 Å². The van der Waals surface area contributed by atoms with Crippen LogP contribution in [-0.4, -0.2) is 24.1 Å². The van der Waals surface area contributed by atoms with E-state index >= 15 is 0 Å². The van der Waals surface area contributed by atoms with Crippen LogP contribution in [-0.2, 0) is 9.53 Å². The smallest absolute Gasteiger partial charge is 0.363 e. The van der Waals surface area contributed by atoms with Gasteiger partial charge in [-0.05, 0) is 65.4 Å². The fourth-order valence-corrected chi connectivity index (χ4v) is 2.84. The van der Waals surface area contributed by atoms with Gasteiger partial charge in [-0.3, -0.25) is 0 Å². The Morgan fingerprint density at radius 3 is 2.62 bits per heavy atom. The molecule has 122 valence electrons. The van der Waals surface area contributed by atoms with Crippen LogP contribution in [0.5, 0.6) is 11.5 Å². The largest absolute Gasteiger partial charge is 0.504 e. The number of phenolic OH excluding ortho intramolecular Hbond substituents is 1. The lowest BCUT2D eigenvalue weighted by Gasteiger charge is -2.06. The van der Waals surface area contributed by atoms with E-state index in [1.807, 2.05) is 53.8 Å². The van der Waals surface area contributed by atoms with Gasteiger partial charge in [0.25, 0.3) is 0 Å². The third-order valence-corrected chi connectivity index (χ3v) is 4.32. The summed E-state index contributed by atoms with van der Waals surface area (Å²) in [5, 5.41) is 9.88. The molecule has 2 aromatic carbocycles. The molecule has 0 radical (unpaired) electrons. The molecule has 0 bridgehead atoms. The van der Waals surface area contributed by atoms with Crippen molar-refractivity contribution in [3.8, 4) is 11.5 Å². The second kappa shape index (κ2) is 6.64. The molecule has 1 aliphatic rings. The summed E-state index contributed by atoms with van der Waals surface area (Å²) in [7, 11) is 1.47. The molecule has 0 unspecified atom stereocenters. The maximum atomic E-state index is 12.0. The molecule has 0 saturated heterocycles. The normalized spacial score (nSPS) is 15.4. The Kier molecular flexibility index (Phi) is 4.57. The number of aryl methyl sites for hydroxylation is 1. The molecule has 0 aliphatic carbocycles. The molecule has 5 nitrogen and oxygen atoms in total. The van der Waals surface area contributed by atoms with Crippen molar-refractivity contribution in [1.82, 2.24) is 0 Å². The Bertz CT molecular complexity index is 869. The number of rotatable bonds is 3. The number of halogens is 1. The highest BCUT2D eigenvalue weighted by Crippen LogP contribution is 2.33. The van der Waals surface area contributed by atoms with Crippen molar-refractivity contribution in [2.75, 3.05) is 7.11 Å². The minimum absolute atomic E-state index is 0.0677. The fraction of sp³-hybridized carbons (Fsp3) is 0.111. The first-order valence-corrected chi connectivity index (χ1v) is 8.22. The average Bonchev–Trinajstić information content (AvgIpc) is 2.92. The Labute approximate surface area is 152 Å². The molecule has 0 saturated carbocycles. The van der Waals surface area contributed by atoms with Gasteiger partial charge >= 0.3 is 5.97 Å². The Hall–Kier alpha value is -2.35. The quantitative estimate of drug-likeness (QED) is 0.454. The predicted octanol–water partition coefficient (Wildman–Crippen LogP) is 3.66. The zero-order valence-corrected chi connectivity index (χ0v) is 15.2. The number of hydrogen-bond donors (Lipinski definition) is 1. The van der Waals surface area contributed by atoms with E-state index in [1.54, 1.807) is 18.2 Å². The van der Waals surface area contributed by atoms with Crippen LogP contribution in [0.15, 0.2) is 47.1 Å². The number of esters is 1. The van der Waals surface area contributed by atoms with Crippen molar-refractivity contribution < 1.29 is 19.4 Å². The summed E-state index contributed by atoms with van der Waals surface area (Å²) in [5.74, 6) is 0.181. The van der Waals surface area contributed by atoms with Crippen molar-refractivity contribution in [3.63, 3.8) is 0 Å². The van der Waals surface area contributed by atoms with Crippen molar-refractivity contribution in [3.05, 3.63) is 62.4 Å². The number of phenols is 1. The van der Waals surface area contributed by atoms with Crippen LogP contribution in [0.2, 0.25) is 0 Å². The molecule has 0 amide bonds. The number of benzene rings is 2. The van der Waals surface area contributed by atoms with Crippen molar-refractivity contribution in [2.24, 2.45) is 4.99 Å². The first kappa shape index (κ1) is 16.5.